The minimum atomic E-state index is -0.448. The van der Waals surface area contributed by atoms with Crippen molar-refractivity contribution in [3.8, 4) is 5.75 Å². The van der Waals surface area contributed by atoms with Crippen LogP contribution >= 0.6 is 11.6 Å². The lowest BCUT2D eigenvalue weighted by atomic mass is 9.90. The third kappa shape index (κ3) is 4.80. The van der Waals surface area contributed by atoms with E-state index in [0.29, 0.717) is 10.9 Å². The lowest BCUT2D eigenvalue weighted by Gasteiger charge is -2.33. The molecule has 5 heteroatoms. The summed E-state index contributed by atoms with van der Waals surface area (Å²) in [6.45, 7) is 7.10. The fourth-order valence-corrected chi connectivity index (χ4v) is 2.86. The van der Waals surface area contributed by atoms with Gasteiger partial charge in [-0.15, -0.1) is 0 Å². The van der Waals surface area contributed by atoms with E-state index in [9.17, 15) is 9.90 Å². The van der Waals surface area contributed by atoms with Crippen molar-refractivity contribution in [2.75, 3.05) is 13.1 Å². The van der Waals surface area contributed by atoms with E-state index in [4.69, 9.17) is 16.3 Å². The highest BCUT2D eigenvalue weighted by atomic mass is 35.5. The largest absolute Gasteiger partial charge is 0.506 e. The number of rotatable bonds is 2. The van der Waals surface area contributed by atoms with E-state index in [1.54, 1.807) is 11.0 Å². The SMILES string of the molecule is CC(C)(C)OC(=O)N1CCC(Cc2ccc(O)c(Cl)c2)CC1. The number of ether oxygens (including phenoxy) is 1. The Kier molecular flexibility index (Phi) is 5.22. The summed E-state index contributed by atoms with van der Waals surface area (Å²) in [5, 5.41) is 9.84. The van der Waals surface area contributed by atoms with Crippen LogP contribution in [0.15, 0.2) is 18.2 Å². The van der Waals surface area contributed by atoms with E-state index < -0.39 is 5.60 Å². The lowest BCUT2D eigenvalue weighted by molar-refractivity contribution is 0.0184. The smallest absolute Gasteiger partial charge is 0.410 e. The predicted molar refractivity (Wildman–Crippen MR) is 87.4 cm³/mol. The topological polar surface area (TPSA) is 49.8 Å². The van der Waals surface area contributed by atoms with Crippen molar-refractivity contribution < 1.29 is 14.6 Å². The number of halogens is 1. The molecule has 4 nitrogen and oxygen atoms in total. The van der Waals surface area contributed by atoms with Crippen molar-refractivity contribution in [2.24, 2.45) is 5.92 Å². The van der Waals surface area contributed by atoms with Gasteiger partial charge in [-0.2, -0.15) is 0 Å². The number of hydrogen-bond donors (Lipinski definition) is 1. The number of phenolic OH excluding ortho intramolecular Hbond substituents is 1. The van der Waals surface area contributed by atoms with Gasteiger partial charge in [-0.1, -0.05) is 17.7 Å². The summed E-state index contributed by atoms with van der Waals surface area (Å²) in [6.07, 6.45) is 2.61. The molecule has 1 aromatic rings. The minimum absolute atomic E-state index is 0.116. The van der Waals surface area contributed by atoms with Crippen LogP contribution in [-0.2, 0) is 11.2 Å². The van der Waals surface area contributed by atoms with Crippen molar-refractivity contribution in [1.82, 2.24) is 4.90 Å². The number of hydrogen-bond acceptors (Lipinski definition) is 3. The summed E-state index contributed by atoms with van der Waals surface area (Å²) in [5.41, 5.74) is 0.676. The molecule has 22 heavy (non-hydrogen) atoms. The van der Waals surface area contributed by atoms with Gasteiger partial charge in [0.15, 0.2) is 0 Å². The van der Waals surface area contributed by atoms with Crippen LogP contribution in [0.3, 0.4) is 0 Å². The maximum absolute atomic E-state index is 12.0. The van der Waals surface area contributed by atoms with Crippen LogP contribution in [0.5, 0.6) is 5.75 Å². The Balaban J connectivity index is 1.84. The molecule has 0 radical (unpaired) electrons. The van der Waals surface area contributed by atoms with Gasteiger partial charge in [-0.05, 0) is 63.6 Å². The average molecular weight is 326 g/mol. The number of phenols is 1. The molecule has 0 unspecified atom stereocenters. The molecule has 0 aromatic heterocycles. The molecule has 1 fully saturated rings. The Morgan fingerprint density at radius 2 is 2.00 bits per heavy atom. The maximum Gasteiger partial charge on any atom is 0.410 e. The molecular weight excluding hydrogens is 302 g/mol. The Bertz CT molecular complexity index is 531. The van der Waals surface area contributed by atoms with Gasteiger partial charge in [-0.3, -0.25) is 0 Å². The van der Waals surface area contributed by atoms with Crippen LogP contribution < -0.4 is 0 Å². The second-order valence-electron chi connectivity index (χ2n) is 6.90. The van der Waals surface area contributed by atoms with Crippen molar-refractivity contribution in [3.05, 3.63) is 28.8 Å². The standard InChI is InChI=1S/C17H24ClNO3/c1-17(2,3)22-16(21)19-8-6-12(7-9-19)10-13-4-5-15(20)14(18)11-13/h4-5,11-12,20H,6-10H2,1-3H3. The first-order valence-corrected chi connectivity index (χ1v) is 8.08. The number of carbonyl (C=O) groups is 1. The van der Waals surface area contributed by atoms with Gasteiger partial charge in [0, 0.05) is 13.1 Å². The van der Waals surface area contributed by atoms with E-state index in [1.165, 1.54) is 0 Å². The Morgan fingerprint density at radius 1 is 1.36 bits per heavy atom. The third-order valence-corrected chi connectivity index (χ3v) is 4.11. The molecule has 0 aliphatic carbocycles. The Labute approximate surface area is 137 Å². The van der Waals surface area contributed by atoms with Crippen molar-refractivity contribution >= 4 is 17.7 Å². The summed E-state index contributed by atoms with van der Waals surface area (Å²) >= 11 is 5.94. The molecule has 1 aliphatic rings. The van der Waals surface area contributed by atoms with Crippen LogP contribution in [0.2, 0.25) is 5.02 Å². The normalized spacial score (nSPS) is 16.6. The van der Waals surface area contributed by atoms with Crippen LogP contribution in [0, 0.1) is 5.92 Å². The zero-order valence-corrected chi connectivity index (χ0v) is 14.2. The van der Waals surface area contributed by atoms with Crippen LogP contribution in [-0.4, -0.2) is 34.8 Å². The quantitative estimate of drug-likeness (QED) is 0.885. The summed E-state index contributed by atoms with van der Waals surface area (Å²) in [6, 6.07) is 5.35. The lowest BCUT2D eigenvalue weighted by Crippen LogP contribution is -2.42. The molecule has 0 saturated carbocycles. The highest BCUT2D eigenvalue weighted by molar-refractivity contribution is 6.32. The summed E-state index contributed by atoms with van der Waals surface area (Å²) < 4.78 is 5.40. The first-order chi connectivity index (χ1) is 10.2. The van der Waals surface area contributed by atoms with Gasteiger partial charge >= 0.3 is 6.09 Å². The molecule has 1 saturated heterocycles. The highest BCUT2D eigenvalue weighted by Gasteiger charge is 2.26. The molecule has 1 aromatic carbocycles. The van der Waals surface area contributed by atoms with Crippen LogP contribution in [0.1, 0.15) is 39.2 Å². The van der Waals surface area contributed by atoms with E-state index in [1.807, 2.05) is 32.9 Å². The number of aromatic hydroxyl groups is 1. The van der Waals surface area contributed by atoms with Crippen molar-refractivity contribution in [2.45, 2.75) is 45.6 Å². The molecule has 1 aliphatic heterocycles. The van der Waals surface area contributed by atoms with Crippen LogP contribution in [0.4, 0.5) is 4.79 Å². The van der Waals surface area contributed by atoms with Gasteiger partial charge in [0.05, 0.1) is 5.02 Å². The third-order valence-electron chi connectivity index (χ3n) is 3.80. The molecule has 0 spiro atoms. The second kappa shape index (κ2) is 6.78. The highest BCUT2D eigenvalue weighted by Crippen LogP contribution is 2.28. The molecule has 0 atom stereocenters. The van der Waals surface area contributed by atoms with Gasteiger partial charge in [0.25, 0.3) is 0 Å². The van der Waals surface area contributed by atoms with E-state index in [-0.39, 0.29) is 11.8 Å². The number of nitrogens with zero attached hydrogens (tertiary/aromatic N) is 1. The summed E-state index contributed by atoms with van der Waals surface area (Å²) in [7, 11) is 0. The van der Waals surface area contributed by atoms with Crippen molar-refractivity contribution in [1.29, 1.82) is 0 Å². The summed E-state index contributed by atoms with van der Waals surface area (Å²) in [4.78, 5) is 13.8. The first kappa shape index (κ1) is 16.9. The zero-order valence-electron chi connectivity index (χ0n) is 13.4. The molecular formula is C17H24ClNO3. The van der Waals surface area contributed by atoms with Crippen LogP contribution in [0.25, 0.3) is 0 Å². The van der Waals surface area contributed by atoms with Gasteiger partial charge in [0.1, 0.15) is 11.4 Å². The number of benzene rings is 1. The number of carbonyl (C=O) groups excluding carboxylic acids is 1. The van der Waals surface area contributed by atoms with E-state index in [0.717, 1.165) is 37.9 Å². The first-order valence-electron chi connectivity index (χ1n) is 7.70. The number of piperidine rings is 1. The predicted octanol–water partition coefficient (Wildman–Crippen LogP) is 4.24. The maximum atomic E-state index is 12.0. The fraction of sp³-hybridized carbons (Fsp3) is 0.588. The fourth-order valence-electron chi connectivity index (χ4n) is 2.66. The Hall–Kier alpha value is -1.42. The molecule has 1 heterocycles. The second-order valence-corrected chi connectivity index (χ2v) is 7.31. The number of amides is 1. The Morgan fingerprint density at radius 3 is 2.55 bits per heavy atom. The van der Waals surface area contributed by atoms with Gasteiger partial charge < -0.3 is 14.7 Å². The molecule has 122 valence electrons. The molecule has 2 rings (SSSR count). The number of likely N-dealkylation sites (tertiary alicyclic amines) is 1. The molecule has 1 amide bonds. The van der Waals surface area contributed by atoms with Crippen molar-refractivity contribution in [3.63, 3.8) is 0 Å². The molecule has 1 N–H and O–H groups in total. The monoisotopic (exact) mass is 325 g/mol. The van der Waals surface area contributed by atoms with Gasteiger partial charge in [0.2, 0.25) is 0 Å². The van der Waals surface area contributed by atoms with E-state index >= 15 is 0 Å². The summed E-state index contributed by atoms with van der Waals surface area (Å²) in [5.74, 6) is 0.643. The average Bonchev–Trinajstić information content (AvgIpc) is 2.42. The van der Waals surface area contributed by atoms with E-state index in [2.05, 4.69) is 0 Å². The molecule has 0 bridgehead atoms. The minimum Gasteiger partial charge on any atom is -0.506 e. The zero-order chi connectivity index (χ0) is 16.3. The van der Waals surface area contributed by atoms with Gasteiger partial charge in [-0.25, -0.2) is 4.79 Å².